The molecule has 4 nitrogen and oxygen atoms in total. The van der Waals surface area contributed by atoms with Gasteiger partial charge in [-0.05, 0) is 31.4 Å². The summed E-state index contributed by atoms with van der Waals surface area (Å²) in [6.45, 7) is 5.33. The van der Waals surface area contributed by atoms with E-state index in [9.17, 15) is 0 Å². The molecule has 1 aromatic heterocycles. The Balaban J connectivity index is 1.67. The lowest BCUT2D eigenvalue weighted by molar-refractivity contribution is 0.693. The second-order valence-electron chi connectivity index (χ2n) is 5.95. The molecular formula is C16H20N4S. The van der Waals surface area contributed by atoms with Crippen LogP contribution in [0, 0.1) is 6.92 Å². The Kier molecular flexibility index (Phi) is 3.03. The first kappa shape index (κ1) is 13.0. The lowest BCUT2D eigenvalue weighted by Crippen LogP contribution is -2.42. The Morgan fingerprint density at radius 2 is 2.19 bits per heavy atom. The van der Waals surface area contributed by atoms with Crippen LogP contribution in [0.4, 0.5) is 16.5 Å². The molecule has 0 spiro atoms. The number of para-hydroxylation sites is 1. The number of nitrogens with zero attached hydrogens (tertiary/aromatic N) is 3. The van der Waals surface area contributed by atoms with Crippen molar-refractivity contribution >= 4 is 27.8 Å². The number of hydrogen-bond acceptors (Lipinski definition) is 5. The average molecular weight is 300 g/mol. The van der Waals surface area contributed by atoms with Crippen LogP contribution in [0.2, 0.25) is 0 Å². The van der Waals surface area contributed by atoms with Crippen LogP contribution in [0.3, 0.4) is 0 Å². The van der Waals surface area contributed by atoms with Crippen molar-refractivity contribution in [1.82, 2.24) is 4.98 Å². The molecule has 1 saturated carbocycles. The predicted octanol–water partition coefficient (Wildman–Crippen LogP) is 3.02. The largest absolute Gasteiger partial charge is 0.375 e. The molecule has 2 aliphatic rings. The Labute approximate surface area is 129 Å². The number of nitrogens with two attached hydrogens (primary N) is 1. The fourth-order valence-corrected chi connectivity index (χ4v) is 3.93. The van der Waals surface area contributed by atoms with Crippen molar-refractivity contribution in [2.24, 2.45) is 0 Å². The van der Waals surface area contributed by atoms with Crippen LogP contribution >= 0.6 is 11.3 Å². The highest BCUT2D eigenvalue weighted by molar-refractivity contribution is 7.15. The number of aromatic nitrogens is 1. The molecule has 1 fully saturated rings. The zero-order chi connectivity index (χ0) is 14.4. The molecule has 1 aliphatic carbocycles. The highest BCUT2D eigenvalue weighted by atomic mass is 32.1. The molecule has 0 saturated heterocycles. The van der Waals surface area contributed by atoms with Gasteiger partial charge >= 0.3 is 0 Å². The van der Waals surface area contributed by atoms with Crippen molar-refractivity contribution in [3.63, 3.8) is 0 Å². The third-order valence-electron chi connectivity index (χ3n) is 4.36. The van der Waals surface area contributed by atoms with Crippen molar-refractivity contribution < 1.29 is 0 Å². The first-order valence-electron chi connectivity index (χ1n) is 7.54. The van der Waals surface area contributed by atoms with Crippen molar-refractivity contribution in [3.8, 4) is 0 Å². The summed E-state index contributed by atoms with van der Waals surface area (Å²) in [7, 11) is 0. The number of hydrogen-bond donors (Lipinski definition) is 1. The summed E-state index contributed by atoms with van der Waals surface area (Å²) in [5.74, 6) is 0. The summed E-state index contributed by atoms with van der Waals surface area (Å²) in [6, 6.07) is 7.41. The summed E-state index contributed by atoms with van der Waals surface area (Å²) in [6.07, 6.45) is 4.60. The molecule has 5 heteroatoms. The first-order valence-corrected chi connectivity index (χ1v) is 8.35. The Hall–Kier alpha value is -1.75. The third kappa shape index (κ3) is 2.35. The quantitative estimate of drug-likeness (QED) is 0.946. The van der Waals surface area contributed by atoms with Gasteiger partial charge in [0, 0.05) is 30.2 Å². The van der Waals surface area contributed by atoms with Gasteiger partial charge in [0.15, 0.2) is 5.13 Å². The maximum absolute atomic E-state index is 5.75. The molecule has 0 amide bonds. The van der Waals surface area contributed by atoms with Crippen LogP contribution in [-0.4, -0.2) is 24.1 Å². The van der Waals surface area contributed by atoms with E-state index in [2.05, 4.69) is 39.9 Å². The van der Waals surface area contributed by atoms with Gasteiger partial charge in [-0.3, -0.25) is 0 Å². The summed E-state index contributed by atoms with van der Waals surface area (Å²) in [5, 5.41) is 0.658. The lowest BCUT2D eigenvalue weighted by Gasteiger charge is -2.40. The van der Waals surface area contributed by atoms with Gasteiger partial charge in [0.25, 0.3) is 0 Å². The molecule has 0 unspecified atom stereocenters. The molecule has 21 heavy (non-hydrogen) atoms. The smallest absolute Gasteiger partial charge is 0.180 e. The van der Waals surface area contributed by atoms with E-state index in [0.717, 1.165) is 25.7 Å². The van der Waals surface area contributed by atoms with E-state index in [1.165, 1.54) is 34.7 Å². The van der Waals surface area contributed by atoms with E-state index in [0.29, 0.717) is 5.13 Å². The Morgan fingerprint density at radius 3 is 2.90 bits per heavy atom. The normalized spacial score (nSPS) is 18.0. The minimum Gasteiger partial charge on any atom is -0.375 e. The van der Waals surface area contributed by atoms with E-state index >= 15 is 0 Å². The SMILES string of the molecule is Cc1cccc2c1N(C1CC1)CCN2Cc1cnc(N)s1. The summed E-state index contributed by atoms with van der Waals surface area (Å²) < 4.78 is 0. The van der Waals surface area contributed by atoms with E-state index in [-0.39, 0.29) is 0 Å². The Morgan fingerprint density at radius 1 is 1.33 bits per heavy atom. The molecule has 0 bridgehead atoms. The summed E-state index contributed by atoms with van der Waals surface area (Å²) in [4.78, 5) is 10.5. The number of rotatable bonds is 3. The topological polar surface area (TPSA) is 45.4 Å². The Bertz CT molecular complexity index is 662. The number of thiazole rings is 1. The highest BCUT2D eigenvalue weighted by Gasteiger charge is 2.34. The minimum atomic E-state index is 0.658. The second-order valence-corrected chi connectivity index (χ2v) is 7.10. The van der Waals surface area contributed by atoms with Crippen molar-refractivity contribution in [2.45, 2.75) is 32.4 Å². The third-order valence-corrected chi connectivity index (χ3v) is 5.17. The van der Waals surface area contributed by atoms with E-state index < -0.39 is 0 Å². The lowest BCUT2D eigenvalue weighted by atomic mass is 10.1. The van der Waals surface area contributed by atoms with Crippen LogP contribution in [0.5, 0.6) is 0 Å². The van der Waals surface area contributed by atoms with E-state index in [4.69, 9.17) is 5.73 Å². The first-order chi connectivity index (χ1) is 10.2. The van der Waals surface area contributed by atoms with Gasteiger partial charge in [-0.1, -0.05) is 12.1 Å². The molecule has 1 aromatic carbocycles. The zero-order valence-electron chi connectivity index (χ0n) is 12.2. The van der Waals surface area contributed by atoms with Gasteiger partial charge in [0.2, 0.25) is 0 Å². The highest BCUT2D eigenvalue weighted by Crippen LogP contribution is 2.42. The second kappa shape index (κ2) is 4.91. The van der Waals surface area contributed by atoms with Crippen molar-refractivity contribution in [1.29, 1.82) is 0 Å². The van der Waals surface area contributed by atoms with E-state index in [1.807, 2.05) is 6.20 Å². The molecule has 2 N–H and O–H groups in total. The molecule has 1 aliphatic heterocycles. The molecule has 4 rings (SSSR count). The van der Waals surface area contributed by atoms with Crippen LogP contribution < -0.4 is 15.5 Å². The molecule has 0 radical (unpaired) electrons. The maximum atomic E-state index is 5.75. The van der Waals surface area contributed by atoms with E-state index in [1.54, 1.807) is 11.3 Å². The fraction of sp³-hybridized carbons (Fsp3) is 0.438. The number of aryl methyl sites for hydroxylation is 1. The average Bonchev–Trinajstić information content (AvgIpc) is 3.23. The molecule has 2 heterocycles. The van der Waals surface area contributed by atoms with Crippen molar-refractivity contribution in [3.05, 3.63) is 34.8 Å². The van der Waals surface area contributed by atoms with Crippen LogP contribution in [0.25, 0.3) is 0 Å². The number of benzene rings is 1. The van der Waals surface area contributed by atoms with Gasteiger partial charge < -0.3 is 15.5 Å². The van der Waals surface area contributed by atoms with Gasteiger partial charge in [0.05, 0.1) is 17.9 Å². The predicted molar refractivity (Wildman–Crippen MR) is 89.1 cm³/mol. The molecular weight excluding hydrogens is 280 g/mol. The standard InChI is InChI=1S/C16H20N4S/c1-11-3-2-4-14-15(11)20(12-5-6-12)8-7-19(14)10-13-9-18-16(17)21-13/h2-4,9,12H,5-8,10H2,1H3,(H2,17,18). The molecule has 110 valence electrons. The van der Waals surface area contributed by atoms with Gasteiger partial charge in [0.1, 0.15) is 0 Å². The molecule has 0 atom stereocenters. The van der Waals surface area contributed by atoms with Gasteiger partial charge in [-0.25, -0.2) is 4.98 Å². The number of fused-ring (bicyclic) bond motifs is 1. The fourth-order valence-electron chi connectivity index (χ4n) is 3.23. The minimum absolute atomic E-state index is 0.658. The van der Waals surface area contributed by atoms with Crippen molar-refractivity contribution in [2.75, 3.05) is 28.6 Å². The zero-order valence-corrected chi connectivity index (χ0v) is 13.1. The van der Waals surface area contributed by atoms with Gasteiger partial charge in [-0.15, -0.1) is 11.3 Å². The number of nitrogen functional groups attached to an aromatic ring is 1. The van der Waals surface area contributed by atoms with Crippen LogP contribution in [0.15, 0.2) is 24.4 Å². The molecule has 2 aromatic rings. The maximum Gasteiger partial charge on any atom is 0.180 e. The number of anilines is 3. The summed E-state index contributed by atoms with van der Waals surface area (Å²) in [5.41, 5.74) is 9.93. The van der Waals surface area contributed by atoms with Crippen LogP contribution in [-0.2, 0) is 6.54 Å². The van der Waals surface area contributed by atoms with Crippen LogP contribution in [0.1, 0.15) is 23.3 Å². The van der Waals surface area contributed by atoms with Gasteiger partial charge in [-0.2, -0.15) is 0 Å². The summed E-state index contributed by atoms with van der Waals surface area (Å²) >= 11 is 1.59. The monoisotopic (exact) mass is 300 g/mol.